The summed E-state index contributed by atoms with van der Waals surface area (Å²) in [6, 6.07) is 1.07. The van der Waals surface area contributed by atoms with E-state index in [1.807, 2.05) is 0 Å². The zero-order valence-electron chi connectivity index (χ0n) is 11.9. The number of hydrogen-bond acceptors (Lipinski definition) is 3. The molecule has 1 rings (SSSR count). The van der Waals surface area contributed by atoms with Crippen molar-refractivity contribution in [2.45, 2.75) is 77.5 Å². The Kier molecular flexibility index (Phi) is 4.80. The number of rotatable bonds is 3. The molecule has 3 nitrogen and oxygen atoms in total. The summed E-state index contributed by atoms with van der Waals surface area (Å²) in [6.45, 7) is 11.1. The first-order chi connectivity index (χ1) is 7.61. The molecule has 2 N–H and O–H groups in total. The molecule has 0 amide bonds. The number of aliphatic hydroxyl groups excluding tert-OH is 2. The summed E-state index contributed by atoms with van der Waals surface area (Å²) in [4.78, 5) is 0. The van der Waals surface area contributed by atoms with E-state index in [4.69, 9.17) is 4.43 Å². The molecular formula is C13H28O3Si. The van der Waals surface area contributed by atoms with Gasteiger partial charge in [-0.1, -0.05) is 20.8 Å². The minimum atomic E-state index is -1.77. The second-order valence-electron chi connectivity index (χ2n) is 7.14. The Bertz CT molecular complexity index is 248. The maximum atomic E-state index is 9.95. The maximum absolute atomic E-state index is 9.95. The zero-order chi connectivity index (χ0) is 13.3. The van der Waals surface area contributed by atoms with Crippen LogP contribution in [0.1, 0.15) is 40.0 Å². The van der Waals surface area contributed by atoms with Crippen molar-refractivity contribution in [3.05, 3.63) is 0 Å². The van der Waals surface area contributed by atoms with Crippen LogP contribution in [0.25, 0.3) is 0 Å². The second kappa shape index (κ2) is 5.39. The highest BCUT2D eigenvalue weighted by molar-refractivity contribution is 6.71. The smallest absolute Gasteiger partial charge is 0.187 e. The number of hydrogen-bond donors (Lipinski definition) is 2. The van der Waals surface area contributed by atoms with Gasteiger partial charge < -0.3 is 14.6 Å². The number of aliphatic hydroxyl groups is 2. The summed E-state index contributed by atoms with van der Waals surface area (Å²) in [6.07, 6.45) is 1.05. The van der Waals surface area contributed by atoms with Gasteiger partial charge in [-0.15, -0.1) is 0 Å². The van der Waals surface area contributed by atoms with Gasteiger partial charge in [0.15, 0.2) is 8.32 Å². The molecule has 0 heterocycles. The van der Waals surface area contributed by atoms with E-state index in [1.54, 1.807) is 0 Å². The van der Waals surface area contributed by atoms with Crippen LogP contribution in [0.3, 0.4) is 0 Å². The van der Waals surface area contributed by atoms with Gasteiger partial charge in [0.05, 0.1) is 12.2 Å². The molecule has 1 saturated carbocycles. The SMILES string of the molecule is CC(C)(C)C[Si](C)(C)O[C@H]1CCC[C@H](O)[C@@H]1O. The van der Waals surface area contributed by atoms with Crippen LogP contribution in [-0.2, 0) is 4.43 Å². The van der Waals surface area contributed by atoms with E-state index in [0.29, 0.717) is 6.42 Å². The molecule has 0 spiro atoms. The molecule has 4 heteroatoms. The van der Waals surface area contributed by atoms with Gasteiger partial charge in [0, 0.05) is 0 Å². The Morgan fingerprint density at radius 3 is 2.29 bits per heavy atom. The Morgan fingerprint density at radius 2 is 1.76 bits per heavy atom. The van der Waals surface area contributed by atoms with E-state index in [0.717, 1.165) is 18.9 Å². The molecule has 3 atom stereocenters. The van der Waals surface area contributed by atoms with Gasteiger partial charge in [-0.2, -0.15) is 0 Å². The molecular weight excluding hydrogens is 232 g/mol. The standard InChI is InChI=1S/C13H28O3Si/c1-13(2,3)9-17(4,5)16-11-8-6-7-10(14)12(11)15/h10-12,14-15H,6-9H2,1-5H3/t10-,11-,12-/m0/s1. The van der Waals surface area contributed by atoms with Crippen LogP contribution < -0.4 is 0 Å². The molecule has 1 fully saturated rings. The molecule has 102 valence electrons. The predicted molar refractivity (Wildman–Crippen MR) is 72.5 cm³/mol. The van der Waals surface area contributed by atoms with Crippen molar-refractivity contribution in [2.24, 2.45) is 5.41 Å². The van der Waals surface area contributed by atoms with Crippen LogP contribution in [-0.4, -0.2) is 36.8 Å². The quantitative estimate of drug-likeness (QED) is 0.767. The minimum Gasteiger partial charge on any atom is -0.412 e. The van der Waals surface area contributed by atoms with Gasteiger partial charge >= 0.3 is 0 Å². The molecule has 0 aromatic heterocycles. The van der Waals surface area contributed by atoms with Crippen molar-refractivity contribution in [1.29, 1.82) is 0 Å². The Labute approximate surface area is 106 Å². The van der Waals surface area contributed by atoms with Gasteiger partial charge in [-0.05, 0) is 43.8 Å². The fraction of sp³-hybridized carbons (Fsp3) is 1.00. The lowest BCUT2D eigenvalue weighted by Crippen LogP contribution is -2.49. The molecule has 1 aliphatic rings. The van der Waals surface area contributed by atoms with E-state index in [9.17, 15) is 10.2 Å². The van der Waals surface area contributed by atoms with Crippen LogP contribution in [0, 0.1) is 5.41 Å². The van der Waals surface area contributed by atoms with E-state index in [1.165, 1.54) is 0 Å². The topological polar surface area (TPSA) is 49.7 Å². The highest BCUT2D eigenvalue weighted by Gasteiger charge is 2.37. The lowest BCUT2D eigenvalue weighted by atomic mass is 9.92. The predicted octanol–water partition coefficient (Wildman–Crippen LogP) is 2.53. The molecule has 0 radical (unpaired) electrons. The monoisotopic (exact) mass is 260 g/mol. The zero-order valence-corrected chi connectivity index (χ0v) is 12.9. The van der Waals surface area contributed by atoms with E-state index in [2.05, 4.69) is 33.9 Å². The van der Waals surface area contributed by atoms with Crippen molar-refractivity contribution in [2.75, 3.05) is 0 Å². The van der Waals surface area contributed by atoms with Crippen molar-refractivity contribution in [3.8, 4) is 0 Å². The molecule has 17 heavy (non-hydrogen) atoms. The largest absolute Gasteiger partial charge is 0.412 e. The van der Waals surface area contributed by atoms with E-state index < -0.39 is 20.5 Å². The third kappa shape index (κ3) is 5.08. The van der Waals surface area contributed by atoms with Crippen LogP contribution in [0.4, 0.5) is 0 Å². The Morgan fingerprint density at radius 1 is 1.18 bits per heavy atom. The third-order valence-corrected chi connectivity index (χ3v) is 6.04. The van der Waals surface area contributed by atoms with Crippen molar-refractivity contribution < 1.29 is 14.6 Å². The molecule has 0 aliphatic heterocycles. The van der Waals surface area contributed by atoms with Crippen LogP contribution in [0.2, 0.25) is 19.1 Å². The van der Waals surface area contributed by atoms with Gasteiger partial charge in [0.1, 0.15) is 6.10 Å². The van der Waals surface area contributed by atoms with Crippen molar-refractivity contribution >= 4 is 8.32 Å². The summed E-state index contributed by atoms with van der Waals surface area (Å²) in [5, 5.41) is 19.6. The van der Waals surface area contributed by atoms with E-state index in [-0.39, 0.29) is 11.5 Å². The highest BCUT2D eigenvalue weighted by Crippen LogP contribution is 2.32. The van der Waals surface area contributed by atoms with Crippen LogP contribution in [0.5, 0.6) is 0 Å². The molecule has 0 aromatic carbocycles. The summed E-state index contributed by atoms with van der Waals surface area (Å²) >= 11 is 0. The summed E-state index contributed by atoms with van der Waals surface area (Å²) < 4.78 is 6.17. The Hall–Kier alpha value is 0.0969. The fourth-order valence-corrected chi connectivity index (χ4v) is 6.69. The minimum absolute atomic E-state index is 0.164. The molecule has 0 aromatic rings. The second-order valence-corrected chi connectivity index (χ2v) is 11.3. The lowest BCUT2D eigenvalue weighted by molar-refractivity contribution is -0.0781. The molecule has 0 unspecified atom stereocenters. The first-order valence-electron chi connectivity index (χ1n) is 6.65. The van der Waals surface area contributed by atoms with Gasteiger partial charge in [-0.25, -0.2) is 0 Å². The summed E-state index contributed by atoms with van der Waals surface area (Å²) in [5.41, 5.74) is 0.258. The lowest BCUT2D eigenvalue weighted by Gasteiger charge is -2.39. The highest BCUT2D eigenvalue weighted by atomic mass is 28.4. The maximum Gasteiger partial charge on any atom is 0.187 e. The average Bonchev–Trinajstić information content (AvgIpc) is 2.08. The van der Waals surface area contributed by atoms with E-state index >= 15 is 0 Å². The van der Waals surface area contributed by atoms with Crippen molar-refractivity contribution in [1.82, 2.24) is 0 Å². The molecule has 0 saturated heterocycles. The summed E-state index contributed by atoms with van der Waals surface area (Å²) in [5.74, 6) is 0. The first kappa shape index (κ1) is 15.2. The van der Waals surface area contributed by atoms with Gasteiger partial charge in [0.2, 0.25) is 0 Å². The third-order valence-electron chi connectivity index (χ3n) is 3.19. The van der Waals surface area contributed by atoms with Crippen LogP contribution >= 0.6 is 0 Å². The molecule has 1 aliphatic carbocycles. The van der Waals surface area contributed by atoms with Crippen molar-refractivity contribution in [3.63, 3.8) is 0 Å². The van der Waals surface area contributed by atoms with Gasteiger partial charge in [0.25, 0.3) is 0 Å². The Balaban J connectivity index is 2.57. The average molecular weight is 260 g/mol. The first-order valence-corrected chi connectivity index (χ1v) is 9.76. The normalized spacial score (nSPS) is 31.6. The van der Waals surface area contributed by atoms with Crippen LogP contribution in [0.15, 0.2) is 0 Å². The fourth-order valence-electron chi connectivity index (χ4n) is 2.97. The molecule has 0 bridgehead atoms. The summed E-state index contributed by atoms with van der Waals surface area (Å²) in [7, 11) is -1.77. The van der Waals surface area contributed by atoms with Gasteiger partial charge in [-0.3, -0.25) is 0 Å².